The van der Waals surface area contributed by atoms with Crippen LogP contribution in [0.15, 0.2) is 0 Å². The zero-order valence-electron chi connectivity index (χ0n) is 28.3. The van der Waals surface area contributed by atoms with Crippen molar-refractivity contribution >= 4 is 28.9 Å². The van der Waals surface area contributed by atoms with Crippen molar-refractivity contribution in [2.24, 2.45) is 0 Å². The molecule has 1 unspecified atom stereocenters. The summed E-state index contributed by atoms with van der Waals surface area (Å²) in [6.07, 6.45) is 4.30. The minimum atomic E-state index is -0.347. The zero-order chi connectivity index (χ0) is 32.4. The third kappa shape index (κ3) is 20.1. The van der Waals surface area contributed by atoms with Gasteiger partial charge in [-0.05, 0) is 137 Å². The van der Waals surface area contributed by atoms with Gasteiger partial charge < -0.3 is 15.5 Å². The number of nitrogens with one attached hydrogen (secondary N) is 2. The van der Waals surface area contributed by atoms with Gasteiger partial charge in [0.15, 0.2) is 0 Å². The van der Waals surface area contributed by atoms with Crippen LogP contribution in [0.3, 0.4) is 0 Å². The molecule has 0 bridgehead atoms. The van der Waals surface area contributed by atoms with E-state index < -0.39 is 0 Å². The Bertz CT molecular complexity index is 775. The van der Waals surface area contributed by atoms with Gasteiger partial charge >= 0.3 is 0 Å². The molecule has 2 rings (SSSR count). The third-order valence-electron chi connectivity index (χ3n) is 7.30. The summed E-state index contributed by atoms with van der Waals surface area (Å²) in [6, 6.07) is 0.292. The van der Waals surface area contributed by atoms with E-state index in [2.05, 4.69) is 15.5 Å². The van der Waals surface area contributed by atoms with Crippen LogP contribution in [-0.4, -0.2) is 129 Å². The monoisotopic (exact) mass is 571 g/mol. The van der Waals surface area contributed by atoms with Crippen LogP contribution in [0.1, 0.15) is 81.1 Å². The zero-order valence-corrected chi connectivity index (χ0v) is 28.3. The first-order valence-electron chi connectivity index (χ1n) is 14.0. The predicted molar refractivity (Wildman–Crippen MR) is 165 cm³/mol. The molecule has 0 spiro atoms. The number of hydrogen-bond donors (Lipinski definition) is 2. The lowest BCUT2D eigenvalue weighted by Crippen LogP contribution is -2.42. The second-order valence-corrected chi connectivity index (χ2v) is 11.8. The van der Waals surface area contributed by atoms with Crippen LogP contribution in [0.25, 0.3) is 0 Å². The molecule has 10 heteroatoms. The van der Waals surface area contributed by atoms with Crippen molar-refractivity contribution in [3.63, 3.8) is 0 Å². The second-order valence-electron chi connectivity index (χ2n) is 11.8. The maximum Gasteiger partial charge on any atom is 0.149 e. The molecule has 1 aliphatic carbocycles. The molecule has 2 fully saturated rings. The predicted octanol–water partition coefficient (Wildman–Crippen LogP) is 2.23. The molecule has 0 aromatic heterocycles. The van der Waals surface area contributed by atoms with Crippen LogP contribution in [0.4, 0.5) is 0 Å². The van der Waals surface area contributed by atoms with E-state index in [0.717, 1.165) is 25.8 Å². The summed E-state index contributed by atoms with van der Waals surface area (Å²) in [5, 5.41) is 5.89. The Morgan fingerprint density at radius 3 is 1.48 bits per heavy atom. The van der Waals surface area contributed by atoms with Crippen molar-refractivity contribution < 1.29 is 24.0 Å². The van der Waals surface area contributed by atoms with E-state index in [1.54, 1.807) is 41.7 Å². The third-order valence-corrected chi connectivity index (χ3v) is 7.30. The summed E-state index contributed by atoms with van der Waals surface area (Å²) in [6.45, 7) is 15.3. The molecular formula is C30H61N5O5. The summed E-state index contributed by atoms with van der Waals surface area (Å²) in [4.78, 5) is 58.8. The molecular weight excluding hydrogens is 510 g/mol. The molecule has 40 heavy (non-hydrogen) atoms. The first kappa shape index (κ1) is 42.6. The summed E-state index contributed by atoms with van der Waals surface area (Å²) < 4.78 is 0. The van der Waals surface area contributed by atoms with E-state index in [1.165, 1.54) is 6.42 Å². The van der Waals surface area contributed by atoms with Gasteiger partial charge in [0, 0.05) is 0 Å². The Labute approximate surface area is 245 Å². The fourth-order valence-electron chi connectivity index (χ4n) is 3.31. The largest absolute Gasteiger partial charge is 0.308 e. The highest BCUT2D eigenvalue weighted by atomic mass is 16.1. The molecule has 1 saturated carbocycles. The number of carbonyl (C=O) groups is 5. The lowest BCUT2D eigenvalue weighted by atomic mass is 10.0. The molecule has 1 aliphatic heterocycles. The van der Waals surface area contributed by atoms with Crippen LogP contribution < -0.4 is 10.6 Å². The number of ketones is 5. The normalized spacial score (nSPS) is 17.9. The van der Waals surface area contributed by atoms with Crippen molar-refractivity contribution in [2.75, 3.05) is 62.4 Å². The lowest BCUT2D eigenvalue weighted by Gasteiger charge is -2.19. The fourth-order valence-corrected chi connectivity index (χ4v) is 3.31. The van der Waals surface area contributed by atoms with Gasteiger partial charge in [-0.2, -0.15) is 0 Å². The first-order valence-corrected chi connectivity index (χ1v) is 14.0. The van der Waals surface area contributed by atoms with E-state index in [9.17, 15) is 24.0 Å². The number of carbonyl (C=O) groups excluding carboxylic acids is 5. The van der Waals surface area contributed by atoms with Crippen molar-refractivity contribution in [2.45, 2.75) is 104 Å². The van der Waals surface area contributed by atoms with E-state index in [0.29, 0.717) is 12.3 Å². The van der Waals surface area contributed by atoms with Crippen LogP contribution in [0.2, 0.25) is 0 Å². The Balaban J connectivity index is -0.000000429. The van der Waals surface area contributed by atoms with Crippen molar-refractivity contribution in [1.82, 2.24) is 25.3 Å². The van der Waals surface area contributed by atoms with Crippen molar-refractivity contribution in [3.05, 3.63) is 0 Å². The number of rotatable bonds is 9. The molecule has 2 atom stereocenters. The Morgan fingerprint density at radius 1 is 0.950 bits per heavy atom. The minimum absolute atomic E-state index is 0.0648. The molecule has 0 amide bonds. The number of hydrogen-bond acceptors (Lipinski definition) is 10. The first-order chi connectivity index (χ1) is 18.1. The van der Waals surface area contributed by atoms with Crippen molar-refractivity contribution in [1.29, 1.82) is 0 Å². The number of nitrogens with zero attached hydrogens (tertiary/aromatic N) is 3. The standard InChI is InChI=1S/C7H13NO.C6H11NO.2C6H13NO.C5H11NO/c1-6(9)7-4-3-5-8(7)2;1-5(8)6(7-2)3-4-6;1-5(6(2)8)7(3)4;1-5(8)6(2,3)7-4;1-5(7)4-6(2)3/h7H,3-5H2,1-2H3;7H,3-4H2,1-2H3;5H,1-4H3;7H,1-4H3;4H2,1-3H3/t;;5-;;/m..0../s1. The smallest absolute Gasteiger partial charge is 0.149 e. The molecule has 2 aliphatic rings. The maximum atomic E-state index is 10.8. The van der Waals surface area contributed by atoms with Crippen LogP contribution >= 0.6 is 0 Å². The van der Waals surface area contributed by atoms with Crippen LogP contribution in [0.5, 0.6) is 0 Å². The Kier molecular flexibility index (Phi) is 22.3. The average Bonchev–Trinajstić information content (AvgIpc) is 3.52. The van der Waals surface area contributed by atoms with Crippen LogP contribution in [0, 0.1) is 0 Å². The van der Waals surface area contributed by atoms with E-state index in [-0.39, 0.29) is 46.3 Å². The highest BCUT2D eigenvalue weighted by molar-refractivity contribution is 5.89. The molecule has 1 saturated heterocycles. The summed E-state index contributed by atoms with van der Waals surface area (Å²) in [5.74, 6) is 1.19. The highest BCUT2D eigenvalue weighted by Gasteiger charge is 2.45. The molecule has 1 heterocycles. The molecule has 0 aromatic carbocycles. The van der Waals surface area contributed by atoms with Gasteiger partial charge in [-0.25, -0.2) is 0 Å². The summed E-state index contributed by atoms with van der Waals surface area (Å²) >= 11 is 0. The topological polar surface area (TPSA) is 119 Å². The molecule has 236 valence electrons. The quantitative estimate of drug-likeness (QED) is 0.426. The van der Waals surface area contributed by atoms with Gasteiger partial charge in [0.25, 0.3) is 0 Å². The molecule has 0 radical (unpaired) electrons. The van der Waals surface area contributed by atoms with Gasteiger partial charge in [0.2, 0.25) is 0 Å². The highest BCUT2D eigenvalue weighted by Crippen LogP contribution is 2.35. The van der Waals surface area contributed by atoms with E-state index in [4.69, 9.17) is 0 Å². The maximum absolute atomic E-state index is 10.8. The van der Waals surface area contributed by atoms with Gasteiger partial charge in [0.05, 0.1) is 29.7 Å². The van der Waals surface area contributed by atoms with Gasteiger partial charge in [-0.3, -0.25) is 33.8 Å². The second kappa shape index (κ2) is 20.9. The Hall–Kier alpha value is -1.85. The van der Waals surface area contributed by atoms with Gasteiger partial charge in [-0.1, -0.05) is 0 Å². The lowest BCUT2D eigenvalue weighted by molar-refractivity contribution is -0.122. The Morgan fingerprint density at radius 2 is 1.43 bits per heavy atom. The number of likely N-dealkylation sites (N-methyl/N-ethyl adjacent to an activating group) is 5. The molecule has 2 N–H and O–H groups in total. The van der Waals surface area contributed by atoms with E-state index >= 15 is 0 Å². The SMILES string of the molecule is CC(=O)C1CCCN1C.CC(=O)CN(C)C.CC(=O)[C@H](C)N(C)C.CNC(C)(C)C(C)=O.CNC1(C(C)=O)CC1. The van der Waals surface area contributed by atoms with Gasteiger partial charge in [-0.15, -0.1) is 0 Å². The number of Topliss-reactive ketones (excluding diaryl/α,β-unsaturated/α-hetero) is 5. The van der Waals surface area contributed by atoms with Crippen molar-refractivity contribution in [3.8, 4) is 0 Å². The van der Waals surface area contributed by atoms with Crippen LogP contribution in [-0.2, 0) is 24.0 Å². The molecule has 0 aromatic rings. The molecule has 10 nitrogen and oxygen atoms in total. The minimum Gasteiger partial charge on any atom is -0.308 e. The van der Waals surface area contributed by atoms with Gasteiger partial charge in [0.1, 0.15) is 28.9 Å². The number of likely N-dealkylation sites (tertiary alicyclic amines) is 1. The van der Waals surface area contributed by atoms with E-state index in [1.807, 2.05) is 72.9 Å². The fraction of sp³-hybridized carbons (Fsp3) is 0.833. The summed E-state index contributed by atoms with van der Waals surface area (Å²) in [5.41, 5.74) is -0.444. The summed E-state index contributed by atoms with van der Waals surface area (Å²) in [7, 11) is 13.2. The average molecular weight is 572 g/mol.